The maximum atomic E-state index is 13.1. The van der Waals surface area contributed by atoms with Crippen molar-refractivity contribution in [1.82, 2.24) is 9.97 Å². The lowest BCUT2D eigenvalue weighted by molar-refractivity contribution is 0.476. The van der Waals surface area contributed by atoms with E-state index in [0.29, 0.717) is 22.4 Å². The number of halogens is 2. The average molecular weight is 246 g/mol. The predicted molar refractivity (Wildman–Crippen MR) is 63.1 cm³/mol. The highest BCUT2D eigenvalue weighted by Gasteiger charge is 2.08. The summed E-state index contributed by atoms with van der Waals surface area (Å²) < 4.78 is 26.0. The van der Waals surface area contributed by atoms with Crippen LogP contribution in [-0.4, -0.2) is 15.1 Å². The number of fused-ring (bicyclic) bond motifs is 1. The fourth-order valence-electron chi connectivity index (χ4n) is 1.78. The van der Waals surface area contributed by atoms with Crippen molar-refractivity contribution in [1.29, 1.82) is 0 Å². The molecule has 0 radical (unpaired) electrons. The third-order valence-electron chi connectivity index (χ3n) is 2.66. The number of aromatic hydroxyl groups is 1. The summed E-state index contributed by atoms with van der Waals surface area (Å²) in [6, 6.07) is 8.24. The molecule has 0 bridgehead atoms. The van der Waals surface area contributed by atoms with Crippen LogP contribution < -0.4 is 0 Å². The van der Waals surface area contributed by atoms with Crippen LogP contribution in [0, 0.1) is 11.6 Å². The Labute approximate surface area is 101 Å². The van der Waals surface area contributed by atoms with E-state index in [4.69, 9.17) is 0 Å². The van der Waals surface area contributed by atoms with Crippen LogP contribution in [-0.2, 0) is 0 Å². The van der Waals surface area contributed by atoms with Crippen LogP contribution in [0.2, 0.25) is 0 Å². The highest BCUT2D eigenvalue weighted by molar-refractivity contribution is 5.80. The van der Waals surface area contributed by atoms with Crippen LogP contribution in [0.1, 0.15) is 0 Å². The summed E-state index contributed by atoms with van der Waals surface area (Å²) in [4.78, 5) is 7.18. The lowest BCUT2D eigenvalue weighted by Crippen LogP contribution is -1.86. The second kappa shape index (κ2) is 3.80. The molecule has 3 nitrogen and oxygen atoms in total. The van der Waals surface area contributed by atoms with Crippen LogP contribution in [0.15, 0.2) is 36.4 Å². The van der Waals surface area contributed by atoms with Gasteiger partial charge in [-0.25, -0.2) is 13.8 Å². The second-order valence-electron chi connectivity index (χ2n) is 3.92. The minimum Gasteiger partial charge on any atom is -0.508 e. The van der Waals surface area contributed by atoms with Crippen LogP contribution in [0.25, 0.3) is 22.4 Å². The van der Waals surface area contributed by atoms with Crippen molar-refractivity contribution >= 4 is 11.0 Å². The number of phenolic OH excluding ortho intramolecular Hbond substituents is 1. The summed E-state index contributed by atoms with van der Waals surface area (Å²) >= 11 is 0. The maximum Gasteiger partial charge on any atom is 0.159 e. The highest BCUT2D eigenvalue weighted by Crippen LogP contribution is 2.24. The molecule has 90 valence electrons. The Kier molecular flexibility index (Phi) is 2.26. The predicted octanol–water partition coefficient (Wildman–Crippen LogP) is 3.21. The maximum absolute atomic E-state index is 13.1. The molecule has 0 unspecified atom stereocenters. The lowest BCUT2D eigenvalue weighted by atomic mass is 10.2. The molecule has 0 amide bonds. The van der Waals surface area contributed by atoms with Gasteiger partial charge in [0, 0.05) is 11.6 Å². The number of aromatic nitrogens is 2. The molecule has 1 heterocycles. The fourth-order valence-corrected chi connectivity index (χ4v) is 1.78. The van der Waals surface area contributed by atoms with Crippen molar-refractivity contribution < 1.29 is 13.9 Å². The molecule has 1 aromatic heterocycles. The molecular formula is C13H8F2N2O. The van der Waals surface area contributed by atoms with Gasteiger partial charge in [-0.2, -0.15) is 0 Å². The Balaban J connectivity index is 2.16. The molecule has 3 rings (SSSR count). The minimum absolute atomic E-state index is 0.114. The number of benzene rings is 2. The SMILES string of the molecule is Oc1ccc2nc(-c3ccc(F)c(F)c3)[nH]c2c1. The monoisotopic (exact) mass is 246 g/mol. The van der Waals surface area contributed by atoms with Gasteiger partial charge in [0.05, 0.1) is 11.0 Å². The molecule has 2 N–H and O–H groups in total. The standard InChI is InChI=1S/C13H8F2N2O/c14-9-3-1-7(5-10(9)15)13-16-11-4-2-8(18)6-12(11)17-13/h1-6,18H,(H,16,17). The van der Waals surface area contributed by atoms with Gasteiger partial charge in [0.15, 0.2) is 11.6 Å². The van der Waals surface area contributed by atoms with Crippen LogP contribution in [0.4, 0.5) is 8.78 Å². The number of hydrogen-bond donors (Lipinski definition) is 2. The molecule has 0 spiro atoms. The van der Waals surface area contributed by atoms with Gasteiger partial charge in [-0.1, -0.05) is 0 Å². The number of nitrogens with one attached hydrogen (secondary N) is 1. The summed E-state index contributed by atoms with van der Waals surface area (Å²) in [5, 5.41) is 9.33. The quantitative estimate of drug-likeness (QED) is 0.692. The fraction of sp³-hybridized carbons (Fsp3) is 0. The first-order chi connectivity index (χ1) is 8.63. The first-order valence-electron chi connectivity index (χ1n) is 5.27. The van der Waals surface area contributed by atoms with E-state index in [1.165, 1.54) is 18.2 Å². The van der Waals surface area contributed by atoms with Crippen LogP contribution >= 0.6 is 0 Å². The molecule has 5 heteroatoms. The average Bonchev–Trinajstić information content (AvgIpc) is 2.75. The van der Waals surface area contributed by atoms with E-state index in [2.05, 4.69) is 9.97 Å². The Morgan fingerprint density at radius 2 is 1.83 bits per heavy atom. The third-order valence-corrected chi connectivity index (χ3v) is 2.66. The van der Waals surface area contributed by atoms with E-state index >= 15 is 0 Å². The van der Waals surface area contributed by atoms with E-state index in [1.807, 2.05) is 0 Å². The van der Waals surface area contributed by atoms with Gasteiger partial charge in [-0.3, -0.25) is 0 Å². The number of nitrogens with zero attached hydrogens (tertiary/aromatic N) is 1. The summed E-state index contributed by atoms with van der Waals surface area (Å²) in [6.45, 7) is 0. The molecule has 0 saturated heterocycles. The third kappa shape index (κ3) is 1.69. The van der Waals surface area contributed by atoms with Crippen molar-refractivity contribution in [2.45, 2.75) is 0 Å². The van der Waals surface area contributed by atoms with Crippen LogP contribution in [0.5, 0.6) is 5.75 Å². The molecular weight excluding hydrogens is 238 g/mol. The van der Waals surface area contributed by atoms with Crippen molar-refractivity contribution in [2.75, 3.05) is 0 Å². The summed E-state index contributed by atoms with van der Waals surface area (Å²) in [7, 11) is 0. The van der Waals surface area contributed by atoms with Gasteiger partial charge < -0.3 is 10.1 Å². The molecule has 0 aliphatic rings. The molecule has 2 aromatic carbocycles. The molecule has 0 aliphatic carbocycles. The number of rotatable bonds is 1. The van der Waals surface area contributed by atoms with Gasteiger partial charge in [0.25, 0.3) is 0 Å². The second-order valence-corrected chi connectivity index (χ2v) is 3.92. The minimum atomic E-state index is -0.921. The van der Waals surface area contributed by atoms with E-state index in [-0.39, 0.29) is 5.75 Å². The van der Waals surface area contributed by atoms with Crippen molar-refractivity contribution in [2.24, 2.45) is 0 Å². The zero-order valence-electron chi connectivity index (χ0n) is 9.11. The summed E-state index contributed by atoms with van der Waals surface area (Å²) in [5.74, 6) is -1.28. The Morgan fingerprint density at radius 1 is 1.00 bits per heavy atom. The van der Waals surface area contributed by atoms with Gasteiger partial charge in [-0.05, 0) is 30.3 Å². The van der Waals surface area contributed by atoms with E-state index in [9.17, 15) is 13.9 Å². The summed E-state index contributed by atoms with van der Waals surface area (Å²) in [6.07, 6.45) is 0. The Bertz CT molecular complexity index is 737. The number of phenols is 1. The first kappa shape index (κ1) is 10.7. The van der Waals surface area contributed by atoms with E-state index < -0.39 is 11.6 Å². The number of aromatic amines is 1. The van der Waals surface area contributed by atoms with Gasteiger partial charge >= 0.3 is 0 Å². The molecule has 0 atom stereocenters. The first-order valence-corrected chi connectivity index (χ1v) is 5.27. The highest BCUT2D eigenvalue weighted by atomic mass is 19.2. The lowest BCUT2D eigenvalue weighted by Gasteiger charge is -1.97. The smallest absolute Gasteiger partial charge is 0.159 e. The van der Waals surface area contributed by atoms with Crippen molar-refractivity contribution in [3.05, 3.63) is 48.0 Å². The van der Waals surface area contributed by atoms with Gasteiger partial charge in [-0.15, -0.1) is 0 Å². The van der Waals surface area contributed by atoms with Crippen molar-refractivity contribution in [3.8, 4) is 17.1 Å². The zero-order chi connectivity index (χ0) is 12.7. The number of imidazole rings is 1. The van der Waals surface area contributed by atoms with E-state index in [0.717, 1.165) is 12.1 Å². The van der Waals surface area contributed by atoms with Gasteiger partial charge in [0.1, 0.15) is 11.6 Å². The number of hydrogen-bond acceptors (Lipinski definition) is 2. The van der Waals surface area contributed by atoms with Crippen LogP contribution in [0.3, 0.4) is 0 Å². The van der Waals surface area contributed by atoms with E-state index in [1.54, 1.807) is 6.07 Å². The molecule has 0 saturated carbocycles. The molecule has 3 aromatic rings. The Morgan fingerprint density at radius 3 is 2.61 bits per heavy atom. The summed E-state index contributed by atoms with van der Waals surface area (Å²) in [5.41, 5.74) is 1.73. The van der Waals surface area contributed by atoms with Crippen molar-refractivity contribution in [3.63, 3.8) is 0 Å². The Hall–Kier alpha value is -2.43. The molecule has 0 aliphatic heterocycles. The normalized spacial score (nSPS) is 11.0. The zero-order valence-corrected chi connectivity index (χ0v) is 9.11. The molecule has 0 fully saturated rings. The van der Waals surface area contributed by atoms with Gasteiger partial charge in [0.2, 0.25) is 0 Å². The molecule has 18 heavy (non-hydrogen) atoms. The number of H-pyrrole nitrogens is 1. The largest absolute Gasteiger partial charge is 0.508 e. The topological polar surface area (TPSA) is 48.9 Å².